The van der Waals surface area contributed by atoms with Crippen LogP contribution in [0.1, 0.15) is 13.8 Å². The van der Waals surface area contributed by atoms with E-state index in [4.69, 9.17) is 4.74 Å². The molecular weight excluding hydrogens is 220 g/mol. The zero-order valence-corrected chi connectivity index (χ0v) is 9.71. The van der Waals surface area contributed by atoms with Gasteiger partial charge in [-0.2, -0.15) is 12.7 Å². The lowest BCUT2D eigenvalue weighted by Crippen LogP contribution is -2.49. The number of morpholine rings is 1. The molecular formula is C8H16N2O4S. The highest BCUT2D eigenvalue weighted by Crippen LogP contribution is 2.04. The SMILES string of the molecule is CC(C)C(=O)NS(=O)(=O)N1CCOCC1. The lowest BCUT2D eigenvalue weighted by molar-refractivity contribution is -0.122. The van der Waals surface area contributed by atoms with Gasteiger partial charge in [0.05, 0.1) is 13.2 Å². The molecule has 0 aromatic carbocycles. The maximum absolute atomic E-state index is 11.6. The second-order valence-electron chi connectivity index (χ2n) is 3.64. The number of carbonyl (C=O) groups excluding carboxylic acids is 1. The number of hydrogen-bond acceptors (Lipinski definition) is 4. The molecule has 1 rings (SSSR count). The molecule has 0 saturated carbocycles. The number of ether oxygens (including phenoxy) is 1. The van der Waals surface area contributed by atoms with Gasteiger partial charge in [0.15, 0.2) is 0 Å². The molecule has 0 aromatic heterocycles. The van der Waals surface area contributed by atoms with Crippen molar-refractivity contribution in [3.63, 3.8) is 0 Å². The van der Waals surface area contributed by atoms with Gasteiger partial charge >= 0.3 is 10.2 Å². The van der Waals surface area contributed by atoms with E-state index in [0.29, 0.717) is 26.3 Å². The second kappa shape index (κ2) is 4.91. The van der Waals surface area contributed by atoms with Gasteiger partial charge in [0.2, 0.25) is 5.91 Å². The van der Waals surface area contributed by atoms with E-state index in [9.17, 15) is 13.2 Å². The summed E-state index contributed by atoms with van der Waals surface area (Å²) in [6.07, 6.45) is 0. The van der Waals surface area contributed by atoms with E-state index in [0.717, 1.165) is 0 Å². The van der Waals surface area contributed by atoms with E-state index in [2.05, 4.69) is 0 Å². The fourth-order valence-electron chi connectivity index (χ4n) is 1.10. The summed E-state index contributed by atoms with van der Waals surface area (Å²) >= 11 is 0. The van der Waals surface area contributed by atoms with E-state index >= 15 is 0 Å². The Morgan fingerprint density at radius 2 is 1.87 bits per heavy atom. The van der Waals surface area contributed by atoms with Crippen LogP contribution in [0.3, 0.4) is 0 Å². The molecule has 1 heterocycles. The largest absolute Gasteiger partial charge is 0.379 e. The molecule has 1 fully saturated rings. The van der Waals surface area contributed by atoms with E-state index in [-0.39, 0.29) is 5.92 Å². The molecule has 0 aliphatic carbocycles. The van der Waals surface area contributed by atoms with Crippen LogP contribution < -0.4 is 4.72 Å². The Bertz CT molecular complexity index is 320. The first-order valence-corrected chi connectivity index (χ1v) is 6.27. The topological polar surface area (TPSA) is 75.7 Å². The Morgan fingerprint density at radius 1 is 1.33 bits per heavy atom. The highest BCUT2D eigenvalue weighted by Gasteiger charge is 2.26. The quantitative estimate of drug-likeness (QED) is 0.705. The van der Waals surface area contributed by atoms with Gasteiger partial charge in [-0.05, 0) is 0 Å². The second-order valence-corrected chi connectivity index (χ2v) is 5.31. The highest BCUT2D eigenvalue weighted by molar-refractivity contribution is 7.87. The van der Waals surface area contributed by atoms with Crippen LogP contribution in [0.25, 0.3) is 0 Å². The van der Waals surface area contributed by atoms with Crippen molar-refractivity contribution in [3.8, 4) is 0 Å². The molecule has 0 unspecified atom stereocenters. The molecule has 1 aliphatic rings. The first kappa shape index (κ1) is 12.4. The smallest absolute Gasteiger partial charge is 0.303 e. The first-order valence-electron chi connectivity index (χ1n) is 4.83. The third-order valence-electron chi connectivity index (χ3n) is 2.06. The molecule has 7 heteroatoms. The third kappa shape index (κ3) is 3.44. The minimum atomic E-state index is -3.67. The molecule has 0 aromatic rings. The van der Waals surface area contributed by atoms with Gasteiger partial charge < -0.3 is 4.74 Å². The summed E-state index contributed by atoms with van der Waals surface area (Å²) in [5.74, 6) is -0.831. The average Bonchev–Trinajstić information content (AvgIpc) is 2.18. The minimum Gasteiger partial charge on any atom is -0.379 e. The molecule has 0 radical (unpaired) electrons. The molecule has 1 aliphatic heterocycles. The number of hydrogen-bond donors (Lipinski definition) is 1. The summed E-state index contributed by atoms with van der Waals surface area (Å²) in [5, 5.41) is 0. The predicted octanol–water partition coefficient (Wildman–Crippen LogP) is -0.664. The highest BCUT2D eigenvalue weighted by atomic mass is 32.2. The molecule has 15 heavy (non-hydrogen) atoms. The number of carbonyl (C=O) groups is 1. The van der Waals surface area contributed by atoms with Crippen LogP contribution in [-0.2, 0) is 19.7 Å². The van der Waals surface area contributed by atoms with Crippen molar-refractivity contribution < 1.29 is 17.9 Å². The summed E-state index contributed by atoms with van der Waals surface area (Å²) in [7, 11) is -3.67. The van der Waals surface area contributed by atoms with Gasteiger partial charge in [-0.25, -0.2) is 4.72 Å². The van der Waals surface area contributed by atoms with Crippen molar-refractivity contribution >= 4 is 16.1 Å². The van der Waals surface area contributed by atoms with Gasteiger partial charge in [0.25, 0.3) is 0 Å². The minimum absolute atomic E-state index is 0.292. The Morgan fingerprint density at radius 3 is 2.33 bits per heavy atom. The van der Waals surface area contributed by atoms with Crippen LogP contribution in [-0.4, -0.2) is 44.9 Å². The fourth-order valence-corrected chi connectivity index (χ4v) is 2.35. The molecule has 0 spiro atoms. The van der Waals surface area contributed by atoms with Crippen LogP contribution >= 0.6 is 0 Å². The van der Waals surface area contributed by atoms with Crippen molar-refractivity contribution in [3.05, 3.63) is 0 Å². The summed E-state index contributed by atoms with van der Waals surface area (Å²) < 4.78 is 31.6. The van der Waals surface area contributed by atoms with Crippen LogP contribution in [0.2, 0.25) is 0 Å². The molecule has 0 atom stereocenters. The summed E-state index contributed by atoms with van der Waals surface area (Å²) in [6.45, 7) is 4.61. The van der Waals surface area contributed by atoms with E-state index in [1.165, 1.54) is 4.31 Å². The number of rotatable bonds is 3. The van der Waals surface area contributed by atoms with Crippen LogP contribution in [0, 0.1) is 5.92 Å². The molecule has 6 nitrogen and oxygen atoms in total. The Hall–Kier alpha value is -0.660. The molecule has 88 valence electrons. The molecule has 1 amide bonds. The molecule has 1 saturated heterocycles. The number of nitrogens with one attached hydrogen (secondary N) is 1. The van der Waals surface area contributed by atoms with Crippen molar-refractivity contribution in [1.29, 1.82) is 0 Å². The van der Waals surface area contributed by atoms with Crippen LogP contribution in [0.5, 0.6) is 0 Å². The monoisotopic (exact) mass is 236 g/mol. The Labute approximate surface area is 89.8 Å². The number of amides is 1. The maximum atomic E-state index is 11.6. The Balaban J connectivity index is 2.61. The van der Waals surface area contributed by atoms with E-state index in [1.807, 2.05) is 4.72 Å². The maximum Gasteiger partial charge on any atom is 0.303 e. The lowest BCUT2D eigenvalue weighted by atomic mass is 10.2. The van der Waals surface area contributed by atoms with Crippen LogP contribution in [0.4, 0.5) is 0 Å². The first-order chi connectivity index (χ1) is 6.93. The van der Waals surface area contributed by atoms with Crippen molar-refractivity contribution in [2.45, 2.75) is 13.8 Å². The van der Waals surface area contributed by atoms with Crippen LogP contribution in [0.15, 0.2) is 0 Å². The van der Waals surface area contributed by atoms with Crippen molar-refractivity contribution in [2.24, 2.45) is 5.92 Å². The Kier molecular flexibility index (Phi) is 4.06. The van der Waals surface area contributed by atoms with Crippen molar-refractivity contribution in [2.75, 3.05) is 26.3 Å². The summed E-state index contributed by atoms with van der Waals surface area (Å²) in [5.41, 5.74) is 0. The van der Waals surface area contributed by atoms with Gasteiger partial charge in [-0.1, -0.05) is 13.8 Å². The third-order valence-corrected chi connectivity index (χ3v) is 3.57. The molecule has 1 N–H and O–H groups in total. The average molecular weight is 236 g/mol. The number of nitrogens with zero attached hydrogens (tertiary/aromatic N) is 1. The van der Waals surface area contributed by atoms with Gasteiger partial charge in [0.1, 0.15) is 0 Å². The fraction of sp³-hybridized carbons (Fsp3) is 0.875. The van der Waals surface area contributed by atoms with Crippen molar-refractivity contribution in [1.82, 2.24) is 9.03 Å². The zero-order chi connectivity index (χ0) is 11.5. The van der Waals surface area contributed by atoms with Gasteiger partial charge in [-0.15, -0.1) is 0 Å². The standard InChI is InChI=1S/C8H16N2O4S/c1-7(2)8(11)9-15(12,13)10-3-5-14-6-4-10/h7H,3-6H2,1-2H3,(H,9,11). The van der Waals surface area contributed by atoms with Gasteiger partial charge in [0, 0.05) is 19.0 Å². The predicted molar refractivity (Wildman–Crippen MR) is 54.3 cm³/mol. The summed E-state index contributed by atoms with van der Waals surface area (Å²) in [6, 6.07) is 0. The molecule has 0 bridgehead atoms. The van der Waals surface area contributed by atoms with Gasteiger partial charge in [-0.3, -0.25) is 4.79 Å². The lowest BCUT2D eigenvalue weighted by Gasteiger charge is -2.26. The van der Waals surface area contributed by atoms with E-state index < -0.39 is 16.1 Å². The van der Waals surface area contributed by atoms with E-state index in [1.54, 1.807) is 13.8 Å². The zero-order valence-electron chi connectivity index (χ0n) is 8.89. The normalized spacial score (nSPS) is 19.1. The summed E-state index contributed by atoms with van der Waals surface area (Å²) in [4.78, 5) is 11.3.